The van der Waals surface area contributed by atoms with Gasteiger partial charge < -0.3 is 15.5 Å². The lowest BCUT2D eigenvalue weighted by atomic mass is 9.95. The zero-order chi connectivity index (χ0) is 19.4. The largest absolute Gasteiger partial charge is 0.357 e. The summed E-state index contributed by atoms with van der Waals surface area (Å²) in [5.74, 6) is 1.17. The molecule has 2 heterocycles. The highest BCUT2D eigenvalue weighted by Crippen LogP contribution is 2.28. The van der Waals surface area contributed by atoms with E-state index in [0.717, 1.165) is 66.9 Å². The molecule has 0 unspecified atom stereocenters. The van der Waals surface area contributed by atoms with E-state index >= 15 is 0 Å². The normalized spacial score (nSPS) is 15.0. The van der Waals surface area contributed by atoms with E-state index in [2.05, 4.69) is 35.4 Å². The van der Waals surface area contributed by atoms with Crippen molar-refractivity contribution in [2.75, 3.05) is 29.9 Å². The van der Waals surface area contributed by atoms with Crippen LogP contribution < -0.4 is 15.5 Å². The van der Waals surface area contributed by atoms with Gasteiger partial charge in [0.2, 0.25) is 11.8 Å². The van der Waals surface area contributed by atoms with Crippen LogP contribution in [0.15, 0.2) is 24.3 Å². The van der Waals surface area contributed by atoms with Crippen LogP contribution in [0.2, 0.25) is 0 Å². The van der Waals surface area contributed by atoms with Crippen molar-refractivity contribution in [2.45, 2.75) is 40.0 Å². The summed E-state index contributed by atoms with van der Waals surface area (Å²) in [6, 6.07) is 7.89. The lowest BCUT2D eigenvalue weighted by Crippen LogP contribution is -2.41. The number of amides is 2. The van der Waals surface area contributed by atoms with Crippen LogP contribution in [-0.4, -0.2) is 36.4 Å². The number of carbonyl (C=O) groups excluding carboxylic acids is 2. The fourth-order valence-corrected chi connectivity index (χ4v) is 3.58. The highest BCUT2D eigenvalue weighted by atomic mass is 16.2. The van der Waals surface area contributed by atoms with Crippen LogP contribution in [0.25, 0.3) is 10.9 Å². The fourth-order valence-electron chi connectivity index (χ4n) is 3.58. The number of hydrogen-bond donors (Lipinski definition) is 2. The van der Waals surface area contributed by atoms with Gasteiger partial charge in [0.15, 0.2) is 0 Å². The summed E-state index contributed by atoms with van der Waals surface area (Å²) >= 11 is 0. The second-order valence-corrected chi connectivity index (χ2v) is 7.26. The van der Waals surface area contributed by atoms with Gasteiger partial charge in [0, 0.05) is 43.5 Å². The molecule has 144 valence electrons. The Balaban J connectivity index is 1.72. The van der Waals surface area contributed by atoms with E-state index < -0.39 is 0 Å². The van der Waals surface area contributed by atoms with E-state index in [1.54, 1.807) is 0 Å². The number of nitrogens with zero attached hydrogens (tertiary/aromatic N) is 2. The van der Waals surface area contributed by atoms with Crippen molar-refractivity contribution < 1.29 is 9.59 Å². The first-order valence-corrected chi connectivity index (χ1v) is 9.69. The Morgan fingerprint density at radius 2 is 1.96 bits per heavy atom. The molecular weight excluding hydrogens is 340 g/mol. The smallest absolute Gasteiger partial charge is 0.223 e. The molecule has 0 saturated carbocycles. The third-order valence-corrected chi connectivity index (χ3v) is 5.06. The molecule has 0 bridgehead atoms. The minimum Gasteiger partial charge on any atom is -0.357 e. The predicted octanol–water partition coefficient (Wildman–Crippen LogP) is 3.24. The van der Waals surface area contributed by atoms with Gasteiger partial charge in [0.05, 0.1) is 5.52 Å². The van der Waals surface area contributed by atoms with Crippen molar-refractivity contribution in [1.82, 2.24) is 10.3 Å². The maximum atomic E-state index is 12.2. The number of pyridine rings is 1. The van der Waals surface area contributed by atoms with E-state index in [4.69, 9.17) is 4.98 Å². The minimum atomic E-state index is -0.0811. The molecule has 1 aliphatic rings. The maximum absolute atomic E-state index is 12.2. The summed E-state index contributed by atoms with van der Waals surface area (Å²) in [4.78, 5) is 30.5. The molecule has 0 radical (unpaired) electrons. The summed E-state index contributed by atoms with van der Waals surface area (Å²) in [5, 5.41) is 6.86. The molecule has 2 N–H and O–H groups in total. The van der Waals surface area contributed by atoms with Gasteiger partial charge in [-0.15, -0.1) is 0 Å². The maximum Gasteiger partial charge on any atom is 0.223 e. The predicted molar refractivity (Wildman–Crippen MR) is 109 cm³/mol. The highest BCUT2D eigenvalue weighted by molar-refractivity contribution is 5.93. The number of rotatable bonds is 5. The van der Waals surface area contributed by atoms with Gasteiger partial charge in [-0.2, -0.15) is 0 Å². The number of fused-ring (bicyclic) bond motifs is 1. The topological polar surface area (TPSA) is 74.3 Å². The fraction of sp³-hybridized carbons (Fsp3) is 0.476. The zero-order valence-electron chi connectivity index (χ0n) is 16.3. The second kappa shape index (κ2) is 8.37. The molecular formula is C21H28N4O2. The molecule has 1 aliphatic heterocycles. The molecule has 0 aliphatic carbocycles. The van der Waals surface area contributed by atoms with Crippen LogP contribution in [0.3, 0.4) is 0 Å². The van der Waals surface area contributed by atoms with Crippen molar-refractivity contribution in [3.8, 4) is 0 Å². The third kappa shape index (κ3) is 4.56. The van der Waals surface area contributed by atoms with E-state index in [1.807, 2.05) is 18.2 Å². The van der Waals surface area contributed by atoms with E-state index in [9.17, 15) is 9.59 Å². The van der Waals surface area contributed by atoms with Gasteiger partial charge in [-0.1, -0.05) is 6.92 Å². The van der Waals surface area contributed by atoms with Crippen molar-refractivity contribution in [2.24, 2.45) is 5.92 Å². The van der Waals surface area contributed by atoms with Crippen LogP contribution in [-0.2, 0) is 9.59 Å². The Morgan fingerprint density at radius 3 is 2.63 bits per heavy atom. The first-order valence-electron chi connectivity index (χ1n) is 9.69. The Bertz CT molecular complexity index is 841. The lowest BCUT2D eigenvalue weighted by Gasteiger charge is -2.32. The SMILES string of the molecule is CCCNC(=O)C1CCN(c2cc(C)c3cc(NC(C)=O)ccc3n2)CC1. The molecule has 27 heavy (non-hydrogen) atoms. The number of aryl methyl sites for hydroxylation is 1. The lowest BCUT2D eigenvalue weighted by molar-refractivity contribution is -0.125. The number of aromatic nitrogens is 1. The average Bonchev–Trinajstić information content (AvgIpc) is 2.66. The molecule has 6 heteroatoms. The van der Waals surface area contributed by atoms with Crippen LogP contribution in [0.4, 0.5) is 11.5 Å². The average molecular weight is 368 g/mol. The van der Waals surface area contributed by atoms with Crippen molar-refractivity contribution in [1.29, 1.82) is 0 Å². The Kier molecular flexibility index (Phi) is 5.94. The Hall–Kier alpha value is -2.63. The summed E-state index contributed by atoms with van der Waals surface area (Å²) in [5.41, 5.74) is 2.83. The quantitative estimate of drug-likeness (QED) is 0.850. The standard InChI is InChI=1S/C21H28N4O2/c1-4-9-22-21(27)16-7-10-25(11-8-16)20-12-14(2)18-13-17(23-15(3)26)5-6-19(18)24-20/h5-6,12-13,16H,4,7-11H2,1-3H3,(H,22,27)(H,23,26). The van der Waals surface area contributed by atoms with Crippen LogP contribution in [0, 0.1) is 12.8 Å². The molecule has 1 saturated heterocycles. The number of carbonyl (C=O) groups is 2. The molecule has 1 fully saturated rings. The summed E-state index contributed by atoms with van der Waals surface area (Å²) < 4.78 is 0. The second-order valence-electron chi connectivity index (χ2n) is 7.26. The molecule has 0 spiro atoms. The van der Waals surface area contributed by atoms with Crippen LogP contribution in [0.5, 0.6) is 0 Å². The minimum absolute atomic E-state index is 0.0811. The number of hydrogen-bond acceptors (Lipinski definition) is 4. The van der Waals surface area contributed by atoms with E-state index in [0.29, 0.717) is 0 Å². The zero-order valence-corrected chi connectivity index (χ0v) is 16.3. The molecule has 1 aromatic carbocycles. The van der Waals surface area contributed by atoms with Crippen molar-refractivity contribution in [3.63, 3.8) is 0 Å². The van der Waals surface area contributed by atoms with Gasteiger partial charge >= 0.3 is 0 Å². The van der Waals surface area contributed by atoms with Crippen LogP contribution >= 0.6 is 0 Å². The van der Waals surface area contributed by atoms with Crippen molar-refractivity contribution >= 4 is 34.2 Å². The van der Waals surface area contributed by atoms with Gasteiger partial charge in [-0.3, -0.25) is 9.59 Å². The molecule has 3 rings (SSSR count). The van der Waals surface area contributed by atoms with Gasteiger partial charge in [0.1, 0.15) is 5.82 Å². The Morgan fingerprint density at radius 1 is 1.22 bits per heavy atom. The Labute approximate surface area is 160 Å². The molecule has 2 aromatic rings. The van der Waals surface area contributed by atoms with Gasteiger partial charge in [-0.25, -0.2) is 4.98 Å². The summed E-state index contributed by atoms with van der Waals surface area (Å²) in [7, 11) is 0. The number of benzene rings is 1. The monoisotopic (exact) mass is 368 g/mol. The summed E-state index contributed by atoms with van der Waals surface area (Å²) in [6.45, 7) is 8.07. The molecule has 1 aromatic heterocycles. The van der Waals surface area contributed by atoms with Crippen LogP contribution in [0.1, 0.15) is 38.7 Å². The van der Waals surface area contributed by atoms with Crippen molar-refractivity contribution in [3.05, 3.63) is 29.8 Å². The highest BCUT2D eigenvalue weighted by Gasteiger charge is 2.25. The van der Waals surface area contributed by atoms with E-state index in [1.165, 1.54) is 6.92 Å². The van der Waals surface area contributed by atoms with Gasteiger partial charge in [0.25, 0.3) is 0 Å². The first kappa shape index (κ1) is 19.1. The third-order valence-electron chi connectivity index (χ3n) is 5.06. The number of anilines is 2. The number of piperidine rings is 1. The summed E-state index contributed by atoms with van der Waals surface area (Å²) in [6.07, 6.45) is 2.68. The molecule has 2 amide bonds. The van der Waals surface area contributed by atoms with Gasteiger partial charge in [-0.05, 0) is 56.0 Å². The van der Waals surface area contributed by atoms with E-state index in [-0.39, 0.29) is 17.7 Å². The number of nitrogens with one attached hydrogen (secondary N) is 2. The molecule has 0 atom stereocenters. The molecule has 6 nitrogen and oxygen atoms in total. The first-order chi connectivity index (χ1) is 13.0.